The van der Waals surface area contributed by atoms with Crippen LogP contribution in [-0.2, 0) is 12.8 Å². The molecule has 6 nitrogen and oxygen atoms in total. The molecule has 6 heteroatoms. The lowest BCUT2D eigenvalue weighted by Gasteiger charge is -2.31. The van der Waals surface area contributed by atoms with Crippen molar-refractivity contribution in [2.45, 2.75) is 45.4 Å². The maximum absolute atomic E-state index is 13.0. The van der Waals surface area contributed by atoms with Gasteiger partial charge < -0.3 is 9.32 Å². The minimum Gasteiger partial charge on any atom is -0.445 e. The van der Waals surface area contributed by atoms with Gasteiger partial charge in [-0.3, -0.25) is 9.89 Å². The number of amides is 1. The monoisotopic (exact) mass is 378 g/mol. The fourth-order valence-electron chi connectivity index (χ4n) is 3.89. The second kappa shape index (κ2) is 8.00. The van der Waals surface area contributed by atoms with E-state index in [1.165, 1.54) is 5.56 Å². The van der Waals surface area contributed by atoms with Crippen molar-refractivity contribution in [3.05, 3.63) is 70.7 Å². The van der Waals surface area contributed by atoms with Gasteiger partial charge in [0.05, 0.1) is 12.1 Å². The van der Waals surface area contributed by atoms with Gasteiger partial charge in [-0.2, -0.15) is 5.10 Å². The average molecular weight is 378 g/mol. The molecular formula is C22H26N4O2. The van der Waals surface area contributed by atoms with Gasteiger partial charge in [0.25, 0.3) is 5.91 Å². The third-order valence-corrected chi connectivity index (χ3v) is 5.52. The predicted molar refractivity (Wildman–Crippen MR) is 106 cm³/mol. The molecule has 1 aromatic carbocycles. The van der Waals surface area contributed by atoms with E-state index in [9.17, 15) is 4.79 Å². The van der Waals surface area contributed by atoms with Crippen molar-refractivity contribution < 1.29 is 9.21 Å². The number of hydrogen-bond donors (Lipinski definition) is 1. The van der Waals surface area contributed by atoms with Crippen LogP contribution in [-0.4, -0.2) is 39.1 Å². The summed E-state index contributed by atoms with van der Waals surface area (Å²) in [4.78, 5) is 19.4. The van der Waals surface area contributed by atoms with E-state index < -0.39 is 0 Å². The number of likely N-dealkylation sites (tertiary alicyclic amines) is 1. The summed E-state index contributed by atoms with van der Waals surface area (Å²) < 4.78 is 6.04. The number of hydrogen-bond acceptors (Lipinski definition) is 4. The Hall–Kier alpha value is -2.89. The van der Waals surface area contributed by atoms with E-state index in [0.717, 1.165) is 55.1 Å². The molecule has 1 aliphatic heterocycles. The van der Waals surface area contributed by atoms with Gasteiger partial charge in [0.15, 0.2) is 11.6 Å². The van der Waals surface area contributed by atoms with Crippen LogP contribution in [0.3, 0.4) is 0 Å². The Morgan fingerprint density at radius 2 is 2.14 bits per heavy atom. The molecule has 1 atom stereocenters. The Morgan fingerprint density at radius 3 is 2.89 bits per heavy atom. The topological polar surface area (TPSA) is 75.0 Å². The number of aromatic amines is 1. The largest absolute Gasteiger partial charge is 0.445 e. The summed E-state index contributed by atoms with van der Waals surface area (Å²) >= 11 is 0. The highest BCUT2D eigenvalue weighted by molar-refractivity contribution is 5.94. The lowest BCUT2D eigenvalue weighted by Crippen LogP contribution is -2.39. The molecule has 0 saturated carbocycles. The Bertz CT molecular complexity index is 945. The molecule has 28 heavy (non-hydrogen) atoms. The van der Waals surface area contributed by atoms with E-state index >= 15 is 0 Å². The van der Waals surface area contributed by atoms with Crippen molar-refractivity contribution >= 4 is 5.91 Å². The molecule has 146 valence electrons. The van der Waals surface area contributed by atoms with Crippen LogP contribution < -0.4 is 0 Å². The number of oxazole rings is 1. The minimum atomic E-state index is -0.00536. The van der Waals surface area contributed by atoms with E-state index in [4.69, 9.17) is 4.42 Å². The van der Waals surface area contributed by atoms with Crippen LogP contribution in [0.25, 0.3) is 0 Å². The van der Waals surface area contributed by atoms with Crippen LogP contribution in [0.2, 0.25) is 0 Å². The zero-order chi connectivity index (χ0) is 19.5. The van der Waals surface area contributed by atoms with Crippen molar-refractivity contribution in [3.8, 4) is 0 Å². The van der Waals surface area contributed by atoms with E-state index in [-0.39, 0.29) is 11.8 Å². The minimum absolute atomic E-state index is 0.00536. The van der Waals surface area contributed by atoms with Crippen LogP contribution in [0.1, 0.15) is 64.6 Å². The summed E-state index contributed by atoms with van der Waals surface area (Å²) in [5, 5.41) is 7.24. The zero-order valence-electron chi connectivity index (χ0n) is 16.4. The molecule has 3 heterocycles. The first kappa shape index (κ1) is 18.5. The molecule has 1 amide bonds. The van der Waals surface area contributed by atoms with Crippen molar-refractivity contribution in [1.29, 1.82) is 0 Å². The molecule has 2 aromatic heterocycles. The molecule has 0 bridgehead atoms. The number of aromatic nitrogens is 3. The smallest absolute Gasteiger partial charge is 0.274 e. The summed E-state index contributed by atoms with van der Waals surface area (Å²) in [5.74, 6) is 1.72. The van der Waals surface area contributed by atoms with Gasteiger partial charge in [-0.15, -0.1) is 0 Å². The van der Waals surface area contributed by atoms with Gasteiger partial charge in [0.1, 0.15) is 5.76 Å². The normalized spacial score (nSPS) is 17.1. The van der Waals surface area contributed by atoms with Crippen LogP contribution in [0.15, 0.2) is 40.9 Å². The molecule has 1 saturated heterocycles. The zero-order valence-corrected chi connectivity index (χ0v) is 16.4. The molecule has 0 radical (unpaired) electrons. The highest BCUT2D eigenvalue weighted by Gasteiger charge is 2.30. The van der Waals surface area contributed by atoms with Crippen molar-refractivity contribution in [3.63, 3.8) is 0 Å². The van der Waals surface area contributed by atoms with E-state index in [1.807, 2.05) is 36.2 Å². The molecule has 1 aliphatic rings. The quantitative estimate of drug-likeness (QED) is 0.731. The Labute approximate surface area is 165 Å². The number of nitrogens with one attached hydrogen (secondary N) is 1. The maximum Gasteiger partial charge on any atom is 0.274 e. The summed E-state index contributed by atoms with van der Waals surface area (Å²) in [5.41, 5.74) is 3.71. The Balaban J connectivity index is 1.45. The standard InChI is InChI=1S/C22H26N4O2/c1-3-19-15(2)20(25-24-19)22(27)26-11-7-10-17(14-26)21-23-13-18(28-21)12-16-8-5-4-6-9-16/h4-6,8-9,13,17H,3,7,10-12,14H2,1-2H3,(H,24,25). The summed E-state index contributed by atoms with van der Waals surface area (Å²) in [6.07, 6.45) is 5.31. The van der Waals surface area contributed by atoms with Gasteiger partial charge in [-0.05, 0) is 31.7 Å². The lowest BCUT2D eigenvalue weighted by molar-refractivity contribution is 0.0691. The first-order valence-corrected chi connectivity index (χ1v) is 9.97. The molecule has 1 fully saturated rings. The van der Waals surface area contributed by atoms with E-state index in [2.05, 4.69) is 34.2 Å². The van der Waals surface area contributed by atoms with E-state index in [1.54, 1.807) is 0 Å². The van der Waals surface area contributed by atoms with Crippen LogP contribution in [0.4, 0.5) is 0 Å². The molecule has 3 aromatic rings. The van der Waals surface area contributed by atoms with Gasteiger partial charge in [-0.1, -0.05) is 37.3 Å². The number of rotatable bonds is 5. The molecule has 4 rings (SSSR count). The summed E-state index contributed by atoms with van der Waals surface area (Å²) in [7, 11) is 0. The first-order chi connectivity index (χ1) is 13.7. The molecule has 0 spiro atoms. The van der Waals surface area contributed by atoms with Gasteiger partial charge in [0, 0.05) is 30.8 Å². The number of carbonyl (C=O) groups is 1. The van der Waals surface area contributed by atoms with Gasteiger partial charge >= 0.3 is 0 Å². The molecular weight excluding hydrogens is 352 g/mol. The maximum atomic E-state index is 13.0. The van der Waals surface area contributed by atoms with E-state index in [0.29, 0.717) is 12.2 Å². The Morgan fingerprint density at radius 1 is 1.32 bits per heavy atom. The van der Waals surface area contributed by atoms with Crippen molar-refractivity contribution in [2.75, 3.05) is 13.1 Å². The second-order valence-corrected chi connectivity index (χ2v) is 7.45. The van der Waals surface area contributed by atoms with Crippen LogP contribution in [0.5, 0.6) is 0 Å². The number of nitrogens with zero attached hydrogens (tertiary/aromatic N) is 3. The second-order valence-electron chi connectivity index (χ2n) is 7.45. The third-order valence-electron chi connectivity index (χ3n) is 5.52. The lowest BCUT2D eigenvalue weighted by atomic mass is 9.97. The van der Waals surface area contributed by atoms with Gasteiger partial charge in [0.2, 0.25) is 0 Å². The number of aryl methyl sites for hydroxylation is 1. The van der Waals surface area contributed by atoms with Crippen LogP contribution >= 0.6 is 0 Å². The predicted octanol–water partition coefficient (Wildman–Crippen LogP) is 3.88. The molecule has 1 N–H and O–H groups in total. The fraction of sp³-hybridized carbons (Fsp3) is 0.409. The fourth-order valence-corrected chi connectivity index (χ4v) is 3.89. The SMILES string of the molecule is CCc1[nH]nc(C(=O)N2CCCC(c3ncc(Cc4ccccc4)o3)C2)c1C. The first-order valence-electron chi connectivity index (χ1n) is 9.97. The molecule has 1 unspecified atom stereocenters. The summed E-state index contributed by atoms with van der Waals surface area (Å²) in [6, 6.07) is 10.2. The van der Waals surface area contributed by atoms with Gasteiger partial charge in [-0.25, -0.2) is 4.98 Å². The third kappa shape index (κ3) is 3.72. The number of carbonyl (C=O) groups excluding carboxylic acids is 1. The van der Waals surface area contributed by atoms with Crippen molar-refractivity contribution in [1.82, 2.24) is 20.1 Å². The average Bonchev–Trinajstić information content (AvgIpc) is 3.35. The summed E-state index contributed by atoms with van der Waals surface area (Å²) in [6.45, 7) is 5.39. The number of benzene rings is 1. The molecule has 0 aliphatic carbocycles. The highest BCUT2D eigenvalue weighted by atomic mass is 16.4. The van der Waals surface area contributed by atoms with Crippen LogP contribution in [0, 0.1) is 6.92 Å². The number of H-pyrrole nitrogens is 1. The Kier molecular flexibility index (Phi) is 5.28. The highest BCUT2D eigenvalue weighted by Crippen LogP contribution is 2.28. The number of piperidine rings is 1. The van der Waals surface area contributed by atoms with Crippen molar-refractivity contribution in [2.24, 2.45) is 0 Å².